The van der Waals surface area contributed by atoms with Crippen LogP contribution in [0.25, 0.3) is 4.96 Å². The molecule has 21 heavy (non-hydrogen) atoms. The van der Waals surface area contributed by atoms with Gasteiger partial charge in [0, 0.05) is 11.8 Å². The minimum atomic E-state index is -0.282. The molecule has 0 atom stereocenters. The fraction of sp³-hybridized carbons (Fsp3) is 0.214. The Morgan fingerprint density at radius 3 is 2.81 bits per heavy atom. The van der Waals surface area contributed by atoms with Crippen molar-refractivity contribution in [2.24, 2.45) is 0 Å². The maximum atomic E-state index is 12.8. The third kappa shape index (κ3) is 2.92. The van der Waals surface area contributed by atoms with Gasteiger partial charge in [-0.25, -0.2) is 9.37 Å². The second-order valence-corrected chi connectivity index (χ2v) is 5.53. The highest BCUT2D eigenvalue weighted by Gasteiger charge is 2.07. The van der Waals surface area contributed by atoms with Crippen molar-refractivity contribution in [1.82, 2.24) is 14.6 Å². The molecule has 0 saturated heterocycles. The van der Waals surface area contributed by atoms with Gasteiger partial charge < -0.3 is 5.32 Å². The minimum Gasteiger partial charge on any atom is -0.379 e. The number of hydrogen-bond donors (Lipinski definition) is 1. The molecule has 0 unspecified atom stereocenters. The van der Waals surface area contributed by atoms with Crippen LogP contribution >= 0.6 is 11.3 Å². The molecule has 5 nitrogen and oxygen atoms in total. The summed E-state index contributed by atoms with van der Waals surface area (Å²) < 4.78 is 14.1. The molecule has 2 aromatic heterocycles. The van der Waals surface area contributed by atoms with Gasteiger partial charge in [0.05, 0.1) is 12.2 Å². The number of halogens is 1. The first-order valence-electron chi connectivity index (χ1n) is 6.54. The number of hydrogen-bond acceptors (Lipinski definition) is 5. The Morgan fingerprint density at radius 2 is 2.10 bits per heavy atom. The Morgan fingerprint density at radius 1 is 1.33 bits per heavy atom. The van der Waals surface area contributed by atoms with Gasteiger partial charge in [-0.3, -0.25) is 4.79 Å². The topological polar surface area (TPSA) is 59.3 Å². The fourth-order valence-corrected chi connectivity index (χ4v) is 2.75. The van der Waals surface area contributed by atoms with Crippen molar-refractivity contribution >= 4 is 22.0 Å². The lowest BCUT2D eigenvalue weighted by molar-refractivity contribution is 0.628. The van der Waals surface area contributed by atoms with Crippen molar-refractivity contribution in [3.63, 3.8) is 0 Å². The number of benzene rings is 1. The number of aromatic nitrogens is 3. The quantitative estimate of drug-likeness (QED) is 0.804. The van der Waals surface area contributed by atoms with Gasteiger partial charge in [0.2, 0.25) is 4.96 Å². The van der Waals surface area contributed by atoms with Crippen molar-refractivity contribution in [1.29, 1.82) is 0 Å². The van der Waals surface area contributed by atoms with Crippen LogP contribution in [0.15, 0.2) is 35.1 Å². The van der Waals surface area contributed by atoms with Crippen LogP contribution in [-0.2, 0) is 13.0 Å². The van der Waals surface area contributed by atoms with Gasteiger partial charge in [0.1, 0.15) is 10.8 Å². The first-order chi connectivity index (χ1) is 10.2. The predicted octanol–water partition coefficient (Wildman–Crippen LogP) is 2.46. The van der Waals surface area contributed by atoms with E-state index in [2.05, 4.69) is 15.4 Å². The molecule has 3 rings (SSSR count). The van der Waals surface area contributed by atoms with Crippen LogP contribution in [0.5, 0.6) is 0 Å². The van der Waals surface area contributed by atoms with Crippen LogP contribution in [-0.4, -0.2) is 14.6 Å². The smallest absolute Gasteiger partial charge is 0.275 e. The second kappa shape index (κ2) is 5.61. The van der Waals surface area contributed by atoms with E-state index in [4.69, 9.17) is 0 Å². The minimum absolute atomic E-state index is 0.188. The molecule has 7 heteroatoms. The average molecular weight is 304 g/mol. The van der Waals surface area contributed by atoms with Gasteiger partial charge in [-0.15, -0.1) is 0 Å². The van der Waals surface area contributed by atoms with E-state index in [-0.39, 0.29) is 11.4 Å². The van der Waals surface area contributed by atoms with Gasteiger partial charge in [-0.05, 0) is 30.7 Å². The first kappa shape index (κ1) is 13.7. The normalized spacial score (nSPS) is 11.0. The third-order valence-electron chi connectivity index (χ3n) is 2.96. The summed E-state index contributed by atoms with van der Waals surface area (Å²) in [6.45, 7) is 2.39. The molecule has 0 fully saturated rings. The lowest BCUT2D eigenvalue weighted by Gasteiger charge is -2.05. The first-order valence-corrected chi connectivity index (χ1v) is 7.35. The van der Waals surface area contributed by atoms with Crippen LogP contribution in [0.2, 0.25) is 0 Å². The summed E-state index contributed by atoms with van der Waals surface area (Å²) in [4.78, 5) is 17.0. The zero-order valence-electron chi connectivity index (χ0n) is 11.3. The molecule has 1 N–H and O–H groups in total. The van der Waals surface area contributed by atoms with Crippen LogP contribution in [0.4, 0.5) is 10.1 Å². The molecule has 0 aliphatic carbocycles. The molecule has 0 aliphatic heterocycles. The van der Waals surface area contributed by atoms with E-state index in [1.165, 1.54) is 34.1 Å². The van der Waals surface area contributed by atoms with Crippen LogP contribution < -0.4 is 10.9 Å². The molecule has 0 saturated carbocycles. The fourth-order valence-electron chi connectivity index (χ4n) is 1.89. The lowest BCUT2D eigenvalue weighted by Crippen LogP contribution is -2.16. The molecular formula is C14H13FN4OS. The van der Waals surface area contributed by atoms with Crippen molar-refractivity contribution in [3.05, 3.63) is 57.2 Å². The SMILES string of the molecule is CCc1nn2c(=O)cc(CNc3ccc(F)cc3)nc2s1. The third-order valence-corrected chi connectivity index (χ3v) is 4.01. The standard InChI is InChI=1S/C14H13FN4OS/c1-2-12-18-19-13(20)7-11(17-14(19)21-12)8-16-10-5-3-9(15)4-6-10/h3-7,16H,2,8H2,1H3. The van der Waals surface area contributed by atoms with E-state index >= 15 is 0 Å². The maximum Gasteiger partial charge on any atom is 0.275 e. The summed E-state index contributed by atoms with van der Waals surface area (Å²) in [7, 11) is 0. The molecule has 108 valence electrons. The number of fused-ring (bicyclic) bond motifs is 1. The van der Waals surface area contributed by atoms with E-state index in [1.807, 2.05) is 6.92 Å². The Kier molecular flexibility index (Phi) is 3.66. The van der Waals surface area contributed by atoms with Crippen molar-refractivity contribution in [2.75, 3.05) is 5.32 Å². The average Bonchev–Trinajstić information content (AvgIpc) is 2.90. The van der Waals surface area contributed by atoms with Crippen LogP contribution in [0.1, 0.15) is 17.6 Å². The highest BCUT2D eigenvalue weighted by molar-refractivity contribution is 7.16. The van der Waals surface area contributed by atoms with E-state index in [0.717, 1.165) is 17.1 Å². The molecule has 0 aliphatic rings. The van der Waals surface area contributed by atoms with Crippen molar-refractivity contribution < 1.29 is 4.39 Å². The van der Waals surface area contributed by atoms with Gasteiger partial charge in [-0.1, -0.05) is 18.3 Å². The highest BCUT2D eigenvalue weighted by Crippen LogP contribution is 2.13. The maximum absolute atomic E-state index is 12.8. The van der Waals surface area contributed by atoms with E-state index in [9.17, 15) is 9.18 Å². The molecule has 2 heterocycles. The summed E-state index contributed by atoms with van der Waals surface area (Å²) in [5.41, 5.74) is 1.22. The molecule has 3 aromatic rings. The zero-order valence-corrected chi connectivity index (χ0v) is 12.2. The molecule has 1 aromatic carbocycles. The number of nitrogens with one attached hydrogen (secondary N) is 1. The largest absolute Gasteiger partial charge is 0.379 e. The number of anilines is 1. The van der Waals surface area contributed by atoms with Crippen LogP contribution in [0.3, 0.4) is 0 Å². The van der Waals surface area contributed by atoms with E-state index in [0.29, 0.717) is 17.2 Å². The molecule has 0 bridgehead atoms. The monoisotopic (exact) mass is 304 g/mol. The molecule has 0 spiro atoms. The zero-order chi connectivity index (χ0) is 14.8. The molecular weight excluding hydrogens is 291 g/mol. The van der Waals surface area contributed by atoms with Gasteiger partial charge in [-0.2, -0.15) is 9.61 Å². The number of aryl methyl sites for hydroxylation is 1. The second-order valence-electron chi connectivity index (χ2n) is 4.49. The summed E-state index contributed by atoms with van der Waals surface area (Å²) in [5.74, 6) is -0.282. The van der Waals surface area contributed by atoms with E-state index < -0.39 is 0 Å². The van der Waals surface area contributed by atoms with E-state index in [1.54, 1.807) is 12.1 Å². The Bertz CT molecular complexity index is 825. The number of nitrogens with zero attached hydrogens (tertiary/aromatic N) is 3. The number of rotatable bonds is 4. The van der Waals surface area contributed by atoms with Gasteiger partial charge in [0.15, 0.2) is 0 Å². The summed E-state index contributed by atoms with van der Waals surface area (Å²) in [5, 5.41) is 8.18. The summed E-state index contributed by atoms with van der Waals surface area (Å²) >= 11 is 1.41. The molecule has 0 amide bonds. The molecule has 0 radical (unpaired) electrons. The van der Waals surface area contributed by atoms with Crippen molar-refractivity contribution in [3.8, 4) is 0 Å². The lowest BCUT2D eigenvalue weighted by atomic mass is 10.3. The Balaban J connectivity index is 1.83. The van der Waals surface area contributed by atoms with Gasteiger partial charge >= 0.3 is 0 Å². The highest BCUT2D eigenvalue weighted by atomic mass is 32.1. The van der Waals surface area contributed by atoms with Crippen molar-refractivity contribution in [2.45, 2.75) is 19.9 Å². The predicted molar refractivity (Wildman–Crippen MR) is 80.2 cm³/mol. The van der Waals surface area contributed by atoms with Gasteiger partial charge in [0.25, 0.3) is 5.56 Å². The summed E-state index contributed by atoms with van der Waals surface area (Å²) in [6.07, 6.45) is 0.774. The summed E-state index contributed by atoms with van der Waals surface area (Å²) in [6, 6.07) is 7.50. The Labute approximate surface area is 124 Å². The Hall–Kier alpha value is -2.28. The van der Waals surface area contributed by atoms with Crippen LogP contribution in [0, 0.1) is 5.82 Å².